The third-order valence-corrected chi connectivity index (χ3v) is 6.97. The number of H-pyrrole nitrogens is 1. The summed E-state index contributed by atoms with van der Waals surface area (Å²) in [5.74, 6) is 1.03. The van der Waals surface area contributed by atoms with Crippen molar-refractivity contribution in [1.82, 2.24) is 30.6 Å². The third kappa shape index (κ3) is 4.36. The van der Waals surface area contributed by atoms with Gasteiger partial charge < -0.3 is 15.7 Å². The first-order valence-corrected chi connectivity index (χ1v) is 12.0. The fraction of sp³-hybridized carbons (Fsp3) is 0.136. The third-order valence-electron chi connectivity index (χ3n) is 5.30. The van der Waals surface area contributed by atoms with Gasteiger partial charge in [0.15, 0.2) is 15.7 Å². The molecule has 172 valence electrons. The molecule has 12 heteroatoms. The van der Waals surface area contributed by atoms with Crippen molar-refractivity contribution in [3.63, 3.8) is 0 Å². The highest BCUT2D eigenvalue weighted by molar-refractivity contribution is 7.91. The number of sulfone groups is 1. The van der Waals surface area contributed by atoms with Crippen LogP contribution >= 0.6 is 0 Å². The summed E-state index contributed by atoms with van der Waals surface area (Å²) in [5.41, 5.74) is 2.62. The number of aromatic amines is 1. The van der Waals surface area contributed by atoms with E-state index >= 15 is 0 Å². The lowest BCUT2D eigenvalue weighted by Crippen LogP contribution is -2.17. The molecule has 3 heterocycles. The van der Waals surface area contributed by atoms with E-state index in [2.05, 4.69) is 41.2 Å². The predicted octanol–water partition coefficient (Wildman–Crippen LogP) is 2.35. The second-order valence-corrected chi connectivity index (χ2v) is 9.56. The number of fused-ring (bicyclic) bond motifs is 1. The average molecular weight is 477 g/mol. The van der Waals surface area contributed by atoms with E-state index in [1.807, 2.05) is 30.3 Å². The zero-order valence-corrected chi connectivity index (χ0v) is 18.6. The average Bonchev–Trinajstić information content (AvgIpc) is 3.38. The Bertz CT molecular complexity index is 1440. The maximum atomic E-state index is 12.2. The molecule has 0 bridgehead atoms. The second-order valence-electron chi connectivity index (χ2n) is 7.56. The largest absolute Gasteiger partial charge is 0.394 e. The normalized spacial score (nSPS) is 14.9. The molecule has 1 aliphatic rings. The number of benzene rings is 2. The van der Waals surface area contributed by atoms with Crippen LogP contribution < -0.4 is 10.6 Å². The fourth-order valence-corrected chi connectivity index (χ4v) is 4.93. The summed E-state index contributed by atoms with van der Waals surface area (Å²) in [7, 11) is -3.31. The molecule has 4 N–H and O–H groups in total. The monoisotopic (exact) mass is 476 g/mol. The zero-order chi connectivity index (χ0) is 23.5. The molecule has 4 aromatic rings. The number of nitrogens with zero attached hydrogens (tertiary/aromatic N) is 5. The van der Waals surface area contributed by atoms with Gasteiger partial charge in [-0.2, -0.15) is 4.98 Å². The molecular formula is C22H20N8O3S. The van der Waals surface area contributed by atoms with Crippen molar-refractivity contribution in [1.29, 1.82) is 0 Å². The Balaban J connectivity index is 1.48. The Labute approximate surface area is 194 Å². The molecule has 0 radical (unpaired) electrons. The lowest BCUT2D eigenvalue weighted by atomic mass is 10.1. The molecule has 2 aromatic carbocycles. The van der Waals surface area contributed by atoms with Crippen molar-refractivity contribution in [2.45, 2.75) is 10.9 Å². The first-order valence-electron chi connectivity index (χ1n) is 10.4. The molecule has 5 rings (SSSR count). The number of aliphatic hydroxyl groups excluding tert-OH is 1. The summed E-state index contributed by atoms with van der Waals surface area (Å²) in [4.78, 5) is 9.24. The SMILES string of the molecule is O=S1(=O)CC=Cc2cc(Nc3ncc(-c4nnn[nH]4)c(N[C@H](CO)c4ccccc4)n3)ccc21. The van der Waals surface area contributed by atoms with E-state index in [1.54, 1.807) is 36.5 Å². The van der Waals surface area contributed by atoms with Gasteiger partial charge in [0.25, 0.3) is 0 Å². The van der Waals surface area contributed by atoms with Crippen molar-refractivity contribution < 1.29 is 13.5 Å². The Morgan fingerprint density at radius 2 is 2.00 bits per heavy atom. The van der Waals surface area contributed by atoms with Gasteiger partial charge in [-0.3, -0.25) is 0 Å². The number of hydrogen-bond acceptors (Lipinski definition) is 10. The van der Waals surface area contributed by atoms with Crippen LogP contribution in [-0.4, -0.2) is 56.5 Å². The Kier molecular flexibility index (Phi) is 5.74. The summed E-state index contributed by atoms with van der Waals surface area (Å²) >= 11 is 0. The van der Waals surface area contributed by atoms with Gasteiger partial charge in [-0.05, 0) is 39.8 Å². The summed E-state index contributed by atoms with van der Waals surface area (Å²) in [6.45, 7) is -0.170. The number of rotatable bonds is 7. The van der Waals surface area contributed by atoms with Crippen molar-refractivity contribution >= 4 is 33.4 Å². The van der Waals surface area contributed by atoms with Gasteiger partial charge in [-0.1, -0.05) is 42.5 Å². The number of aliphatic hydroxyl groups is 1. The van der Waals surface area contributed by atoms with Gasteiger partial charge in [-0.25, -0.2) is 18.5 Å². The molecular weight excluding hydrogens is 456 g/mol. The molecule has 0 fully saturated rings. The van der Waals surface area contributed by atoms with Crippen LogP contribution in [0, 0.1) is 0 Å². The number of hydrogen-bond donors (Lipinski definition) is 4. The van der Waals surface area contributed by atoms with Crippen LogP contribution in [0.3, 0.4) is 0 Å². The first kappa shape index (κ1) is 21.7. The highest BCUT2D eigenvalue weighted by atomic mass is 32.2. The van der Waals surface area contributed by atoms with E-state index in [-0.39, 0.29) is 18.3 Å². The molecule has 0 saturated heterocycles. The number of tetrazole rings is 1. The standard InChI is InChI=1S/C22H20N8O3S/c31-13-18(14-5-2-1-3-6-14)25-20-17(21-27-29-30-28-21)12-23-22(26-20)24-16-8-9-19-15(11-16)7-4-10-34(19,32)33/h1-9,11-12,18,31H,10,13H2,(H2,23,24,25,26)(H,27,28,29,30)/t18-/m1/s1. The topological polar surface area (TPSA) is 159 Å². The maximum Gasteiger partial charge on any atom is 0.229 e. The van der Waals surface area contributed by atoms with E-state index in [4.69, 9.17) is 0 Å². The predicted molar refractivity (Wildman–Crippen MR) is 126 cm³/mol. The van der Waals surface area contributed by atoms with Gasteiger partial charge in [0, 0.05) is 11.9 Å². The van der Waals surface area contributed by atoms with Crippen molar-refractivity contribution in [2.24, 2.45) is 0 Å². The Morgan fingerprint density at radius 1 is 1.15 bits per heavy atom. The molecule has 0 spiro atoms. The molecule has 34 heavy (non-hydrogen) atoms. The number of nitrogens with one attached hydrogen (secondary N) is 3. The first-order chi connectivity index (χ1) is 16.5. The van der Waals surface area contributed by atoms with E-state index in [9.17, 15) is 13.5 Å². The number of aromatic nitrogens is 6. The highest BCUT2D eigenvalue weighted by Crippen LogP contribution is 2.30. The highest BCUT2D eigenvalue weighted by Gasteiger charge is 2.21. The van der Waals surface area contributed by atoms with Crippen LogP contribution in [0.4, 0.5) is 17.5 Å². The van der Waals surface area contributed by atoms with Crippen LogP contribution in [0.15, 0.2) is 65.7 Å². The van der Waals surface area contributed by atoms with Crippen molar-refractivity contribution in [3.05, 3.63) is 71.9 Å². The van der Waals surface area contributed by atoms with Gasteiger partial charge in [-0.15, -0.1) is 5.10 Å². The molecule has 0 aliphatic carbocycles. The van der Waals surface area contributed by atoms with Crippen LogP contribution in [0.2, 0.25) is 0 Å². The molecule has 0 amide bonds. The van der Waals surface area contributed by atoms with Crippen LogP contribution in [0.5, 0.6) is 0 Å². The molecule has 11 nitrogen and oxygen atoms in total. The summed E-state index contributed by atoms with van der Waals surface area (Å²) in [6.07, 6.45) is 4.96. The zero-order valence-electron chi connectivity index (χ0n) is 17.8. The molecule has 0 saturated carbocycles. The minimum atomic E-state index is -3.31. The molecule has 1 aliphatic heterocycles. The van der Waals surface area contributed by atoms with E-state index in [1.165, 1.54) is 0 Å². The van der Waals surface area contributed by atoms with Crippen LogP contribution in [-0.2, 0) is 9.84 Å². The van der Waals surface area contributed by atoms with Crippen LogP contribution in [0.25, 0.3) is 17.5 Å². The maximum absolute atomic E-state index is 12.2. The lowest BCUT2D eigenvalue weighted by molar-refractivity contribution is 0.276. The summed E-state index contributed by atoms with van der Waals surface area (Å²) in [6, 6.07) is 14.0. The lowest BCUT2D eigenvalue weighted by Gasteiger charge is -2.19. The van der Waals surface area contributed by atoms with E-state index in [0.717, 1.165) is 5.56 Å². The van der Waals surface area contributed by atoms with Gasteiger partial charge >= 0.3 is 0 Å². The van der Waals surface area contributed by atoms with E-state index < -0.39 is 15.9 Å². The van der Waals surface area contributed by atoms with Gasteiger partial charge in [0.05, 0.1) is 28.9 Å². The van der Waals surface area contributed by atoms with E-state index in [0.29, 0.717) is 33.4 Å². The minimum Gasteiger partial charge on any atom is -0.394 e. The Hall–Kier alpha value is -4.16. The fourth-order valence-electron chi connectivity index (χ4n) is 3.64. The van der Waals surface area contributed by atoms with Gasteiger partial charge in [0.1, 0.15) is 5.82 Å². The molecule has 1 atom stereocenters. The summed E-state index contributed by atoms with van der Waals surface area (Å²) < 4.78 is 24.5. The van der Waals surface area contributed by atoms with Crippen molar-refractivity contribution in [2.75, 3.05) is 23.0 Å². The quantitative estimate of drug-likeness (QED) is 0.312. The number of anilines is 3. The molecule has 2 aromatic heterocycles. The van der Waals surface area contributed by atoms with Crippen LogP contribution in [0.1, 0.15) is 17.2 Å². The Morgan fingerprint density at radius 3 is 2.76 bits per heavy atom. The van der Waals surface area contributed by atoms with Crippen molar-refractivity contribution in [3.8, 4) is 11.4 Å². The second kappa shape index (κ2) is 9.00. The molecule has 0 unspecified atom stereocenters. The smallest absolute Gasteiger partial charge is 0.229 e. The van der Waals surface area contributed by atoms with Gasteiger partial charge in [0.2, 0.25) is 5.95 Å². The minimum absolute atomic E-state index is 0.00366. The summed E-state index contributed by atoms with van der Waals surface area (Å²) in [5, 5.41) is 30.2.